The second kappa shape index (κ2) is 3.92. The van der Waals surface area contributed by atoms with Gasteiger partial charge in [-0.05, 0) is 0 Å². The van der Waals surface area contributed by atoms with Crippen LogP contribution >= 0.6 is 27.5 Å². The minimum absolute atomic E-state index is 0.127. The van der Waals surface area contributed by atoms with Gasteiger partial charge in [-0.25, -0.2) is 4.79 Å². The second-order valence-electron chi connectivity index (χ2n) is 1.04. The van der Waals surface area contributed by atoms with Gasteiger partial charge in [0.15, 0.2) is 0 Å². The standard InChI is InChI=1S/C4H4BrClO2/c1-3(5)2-8-4(6)7/h1-2H2. The molecule has 0 unspecified atom stereocenters. The van der Waals surface area contributed by atoms with Gasteiger partial charge in [0.1, 0.15) is 6.61 Å². The lowest BCUT2D eigenvalue weighted by Gasteiger charge is -1.94. The largest absolute Gasteiger partial charge is 0.448 e. The molecule has 0 fully saturated rings. The van der Waals surface area contributed by atoms with Crippen LogP contribution in [-0.4, -0.2) is 12.0 Å². The molecule has 0 saturated heterocycles. The van der Waals surface area contributed by atoms with Crippen LogP contribution in [0.1, 0.15) is 0 Å². The Balaban J connectivity index is 3.18. The molecule has 8 heavy (non-hydrogen) atoms. The minimum atomic E-state index is -0.814. The average molecular weight is 199 g/mol. The molecule has 0 bridgehead atoms. The van der Waals surface area contributed by atoms with E-state index >= 15 is 0 Å². The van der Waals surface area contributed by atoms with Gasteiger partial charge in [-0.1, -0.05) is 22.5 Å². The first kappa shape index (κ1) is 7.98. The Morgan fingerprint density at radius 1 is 1.88 bits per heavy atom. The normalized spacial score (nSPS) is 8.25. The molecule has 0 radical (unpaired) electrons. The highest BCUT2D eigenvalue weighted by atomic mass is 79.9. The molecule has 0 aliphatic heterocycles. The van der Waals surface area contributed by atoms with Crippen molar-refractivity contribution in [2.24, 2.45) is 0 Å². The number of ether oxygens (including phenoxy) is 1. The number of carbonyl (C=O) groups is 1. The molecule has 46 valence electrons. The van der Waals surface area contributed by atoms with Crippen molar-refractivity contribution in [1.29, 1.82) is 0 Å². The zero-order chi connectivity index (χ0) is 6.57. The maximum absolute atomic E-state index is 9.83. The Kier molecular flexibility index (Phi) is 3.91. The lowest BCUT2D eigenvalue weighted by atomic mass is 10.7. The molecule has 0 spiro atoms. The Morgan fingerprint density at radius 3 is 2.50 bits per heavy atom. The Hall–Kier alpha value is -0.0200. The van der Waals surface area contributed by atoms with E-state index in [1.165, 1.54) is 0 Å². The highest BCUT2D eigenvalue weighted by Crippen LogP contribution is 2.01. The van der Waals surface area contributed by atoms with Gasteiger partial charge in [0, 0.05) is 16.1 Å². The first-order valence-corrected chi connectivity index (χ1v) is 2.95. The molecule has 0 N–H and O–H groups in total. The van der Waals surface area contributed by atoms with Crippen molar-refractivity contribution >= 4 is 33.0 Å². The van der Waals surface area contributed by atoms with Crippen LogP contribution in [0.4, 0.5) is 4.79 Å². The summed E-state index contributed by atoms with van der Waals surface area (Å²) in [6.45, 7) is 3.54. The summed E-state index contributed by atoms with van der Waals surface area (Å²) in [5, 5.41) is 0. The van der Waals surface area contributed by atoms with Gasteiger partial charge in [0.2, 0.25) is 0 Å². The summed E-state index contributed by atoms with van der Waals surface area (Å²) in [5.41, 5.74) is -0.814. The van der Waals surface area contributed by atoms with E-state index in [9.17, 15) is 4.79 Å². The summed E-state index contributed by atoms with van der Waals surface area (Å²) in [6.07, 6.45) is 0. The molecule has 0 saturated carbocycles. The van der Waals surface area contributed by atoms with Gasteiger partial charge in [-0.2, -0.15) is 0 Å². The summed E-state index contributed by atoms with van der Waals surface area (Å²) in [5.74, 6) is 0. The van der Waals surface area contributed by atoms with E-state index in [-0.39, 0.29) is 6.61 Å². The molecular formula is C4H4BrClO2. The predicted molar refractivity (Wildman–Crippen MR) is 35.3 cm³/mol. The molecule has 0 aromatic carbocycles. The van der Waals surface area contributed by atoms with E-state index < -0.39 is 5.43 Å². The van der Waals surface area contributed by atoms with Crippen molar-refractivity contribution in [3.05, 3.63) is 11.1 Å². The van der Waals surface area contributed by atoms with Gasteiger partial charge in [0.05, 0.1) is 0 Å². The van der Waals surface area contributed by atoms with Crippen LogP contribution in [-0.2, 0) is 4.74 Å². The highest BCUT2D eigenvalue weighted by molar-refractivity contribution is 9.11. The van der Waals surface area contributed by atoms with Gasteiger partial charge in [-0.3, -0.25) is 0 Å². The second-order valence-corrected chi connectivity index (χ2v) is 2.47. The molecule has 0 amide bonds. The molecule has 0 aromatic heterocycles. The monoisotopic (exact) mass is 198 g/mol. The fourth-order valence-corrected chi connectivity index (χ4v) is 0.304. The fourth-order valence-electron chi connectivity index (χ4n) is 0.135. The number of hydrogen-bond acceptors (Lipinski definition) is 2. The van der Waals surface area contributed by atoms with E-state index in [1.807, 2.05) is 0 Å². The Bertz CT molecular complexity index is 98.6. The number of halogens is 2. The van der Waals surface area contributed by atoms with Crippen molar-refractivity contribution in [3.8, 4) is 0 Å². The maximum atomic E-state index is 9.83. The lowest BCUT2D eigenvalue weighted by Crippen LogP contribution is -1.94. The quantitative estimate of drug-likeness (QED) is 0.638. The Morgan fingerprint density at radius 2 is 2.38 bits per heavy atom. The van der Waals surface area contributed by atoms with Crippen molar-refractivity contribution in [1.82, 2.24) is 0 Å². The SMILES string of the molecule is C=C(Br)COC(=O)Cl. The number of rotatable bonds is 2. The molecule has 0 rings (SSSR count). The van der Waals surface area contributed by atoms with Gasteiger partial charge in [-0.15, -0.1) is 0 Å². The topological polar surface area (TPSA) is 26.3 Å². The van der Waals surface area contributed by atoms with Crippen LogP contribution in [0.25, 0.3) is 0 Å². The first-order valence-electron chi connectivity index (χ1n) is 1.78. The summed E-state index contributed by atoms with van der Waals surface area (Å²) in [4.78, 5) is 9.83. The summed E-state index contributed by atoms with van der Waals surface area (Å²) < 4.78 is 4.87. The lowest BCUT2D eigenvalue weighted by molar-refractivity contribution is 0.185. The zero-order valence-corrected chi connectivity index (χ0v) is 6.33. The van der Waals surface area contributed by atoms with Crippen LogP contribution in [0.15, 0.2) is 11.1 Å². The predicted octanol–water partition coefficient (Wildman–Crippen LogP) is 2.27. The molecule has 2 nitrogen and oxygen atoms in total. The van der Waals surface area contributed by atoms with E-state index in [4.69, 9.17) is 11.6 Å². The van der Waals surface area contributed by atoms with Crippen molar-refractivity contribution in [2.75, 3.05) is 6.61 Å². The molecule has 0 atom stereocenters. The van der Waals surface area contributed by atoms with E-state index in [0.29, 0.717) is 4.48 Å². The third-order valence-corrected chi connectivity index (χ3v) is 0.680. The molecular weight excluding hydrogens is 195 g/mol. The smallest absolute Gasteiger partial charge is 0.404 e. The molecule has 0 heterocycles. The molecule has 0 aliphatic rings. The summed E-state index contributed by atoms with van der Waals surface area (Å²) in [7, 11) is 0. The van der Waals surface area contributed by atoms with Gasteiger partial charge in [0.25, 0.3) is 0 Å². The summed E-state index contributed by atoms with van der Waals surface area (Å²) in [6, 6.07) is 0. The van der Waals surface area contributed by atoms with Crippen molar-refractivity contribution in [2.45, 2.75) is 0 Å². The maximum Gasteiger partial charge on any atom is 0.404 e. The third kappa shape index (κ3) is 5.98. The summed E-state index contributed by atoms with van der Waals surface area (Å²) >= 11 is 7.77. The van der Waals surface area contributed by atoms with Crippen molar-refractivity contribution < 1.29 is 9.53 Å². The third-order valence-electron chi connectivity index (χ3n) is 0.342. The van der Waals surface area contributed by atoms with E-state index in [1.54, 1.807) is 0 Å². The molecule has 0 aliphatic carbocycles. The fraction of sp³-hybridized carbons (Fsp3) is 0.250. The van der Waals surface area contributed by atoms with E-state index in [2.05, 4.69) is 27.2 Å². The number of hydrogen-bond donors (Lipinski definition) is 0. The average Bonchev–Trinajstić information content (AvgIpc) is 1.61. The molecule has 0 aromatic rings. The highest BCUT2D eigenvalue weighted by Gasteiger charge is 1.93. The van der Waals surface area contributed by atoms with Crippen LogP contribution in [0.5, 0.6) is 0 Å². The zero-order valence-electron chi connectivity index (χ0n) is 3.99. The van der Waals surface area contributed by atoms with Gasteiger partial charge >= 0.3 is 5.43 Å². The van der Waals surface area contributed by atoms with Crippen LogP contribution in [0.3, 0.4) is 0 Å². The van der Waals surface area contributed by atoms with Gasteiger partial charge < -0.3 is 4.74 Å². The number of carbonyl (C=O) groups excluding carboxylic acids is 1. The van der Waals surface area contributed by atoms with Crippen LogP contribution < -0.4 is 0 Å². The Labute approximate surface area is 60.6 Å². The van der Waals surface area contributed by atoms with Crippen molar-refractivity contribution in [3.63, 3.8) is 0 Å². The van der Waals surface area contributed by atoms with Crippen LogP contribution in [0.2, 0.25) is 0 Å². The first-order chi connectivity index (χ1) is 3.63. The van der Waals surface area contributed by atoms with E-state index in [0.717, 1.165) is 0 Å². The minimum Gasteiger partial charge on any atom is -0.448 e. The van der Waals surface area contributed by atoms with Crippen LogP contribution in [0, 0.1) is 0 Å². The molecule has 4 heteroatoms.